The molecule has 0 aromatic heterocycles. The molecule has 0 spiro atoms. The van der Waals surface area contributed by atoms with E-state index in [1.54, 1.807) is 0 Å². The lowest BCUT2D eigenvalue weighted by atomic mass is 9.35. The van der Waals surface area contributed by atoms with Crippen LogP contribution in [0.15, 0.2) is 23.3 Å². The third-order valence-electron chi connectivity index (χ3n) is 12.0. The van der Waals surface area contributed by atoms with E-state index in [2.05, 4.69) is 40.7 Å². The van der Waals surface area contributed by atoms with E-state index in [-0.39, 0.29) is 69.1 Å². The summed E-state index contributed by atoms with van der Waals surface area (Å²) in [4.78, 5) is 27.0. The van der Waals surface area contributed by atoms with Crippen LogP contribution in [0.4, 0.5) is 0 Å². The molecule has 0 radical (unpaired) electrons. The minimum atomic E-state index is -0.452. The number of nitrogens with zero attached hydrogens (tertiary/aromatic N) is 1. The lowest BCUT2D eigenvalue weighted by molar-refractivity contribution is -0.176. The second-order valence-electron chi connectivity index (χ2n) is 13.9. The molecule has 2 unspecified atom stereocenters. The van der Waals surface area contributed by atoms with Crippen LogP contribution in [-0.4, -0.2) is 23.3 Å². The number of allylic oxidation sites excluding steroid dienone is 4. The average Bonchev–Trinajstić information content (AvgIpc) is 2.77. The van der Waals surface area contributed by atoms with Crippen molar-refractivity contribution in [2.24, 2.45) is 50.7 Å². The van der Waals surface area contributed by atoms with Crippen LogP contribution in [0.1, 0.15) is 86.5 Å². The molecule has 0 aromatic rings. The molecule has 3 fully saturated rings. The molecular formula is C30H41NO3. The average molecular weight is 464 g/mol. The van der Waals surface area contributed by atoms with E-state index in [9.17, 15) is 20.0 Å². The number of rotatable bonds is 1. The second-order valence-corrected chi connectivity index (χ2v) is 13.9. The fraction of sp³-hybridized carbons (Fsp3) is 0.767. The van der Waals surface area contributed by atoms with Crippen molar-refractivity contribution in [2.75, 3.05) is 6.61 Å². The predicted molar refractivity (Wildman–Crippen MR) is 131 cm³/mol. The third kappa shape index (κ3) is 2.80. The van der Waals surface area contributed by atoms with Crippen LogP contribution in [0.5, 0.6) is 0 Å². The maximum Gasteiger partial charge on any atom is 0.176 e. The van der Waals surface area contributed by atoms with E-state index in [1.165, 1.54) is 0 Å². The summed E-state index contributed by atoms with van der Waals surface area (Å²) in [7, 11) is 0. The van der Waals surface area contributed by atoms with Crippen molar-refractivity contribution in [2.45, 2.75) is 86.5 Å². The van der Waals surface area contributed by atoms with E-state index < -0.39 is 5.41 Å². The highest BCUT2D eigenvalue weighted by Crippen LogP contribution is 2.73. The molecule has 5 aliphatic carbocycles. The van der Waals surface area contributed by atoms with Crippen molar-refractivity contribution in [1.29, 1.82) is 5.26 Å². The summed E-state index contributed by atoms with van der Waals surface area (Å²) < 4.78 is 0. The van der Waals surface area contributed by atoms with Crippen LogP contribution in [0.3, 0.4) is 0 Å². The Bertz CT molecular complexity index is 1060. The summed E-state index contributed by atoms with van der Waals surface area (Å²) in [5, 5.41) is 20.3. The molecule has 5 aliphatic rings. The molecule has 0 aromatic carbocycles. The first-order valence-corrected chi connectivity index (χ1v) is 13.3. The molecule has 3 saturated carbocycles. The molecule has 0 heterocycles. The first-order valence-electron chi connectivity index (χ1n) is 13.3. The highest BCUT2D eigenvalue weighted by molar-refractivity contribution is 6.02. The summed E-state index contributed by atoms with van der Waals surface area (Å²) in [6, 6.07) is 2.16. The van der Waals surface area contributed by atoms with Crippen LogP contribution in [0.25, 0.3) is 0 Å². The standard InChI is InChI=1S/C30H41NO3/c1-18-20-7-8-28(5)23(27(20,4)14-19(16-31)25(18)34)13-22(33)24-21-15-26(2,3)9-11-30(21,17-32)12-10-29(24,28)6/h13-14,18,20-21,24,32H,7-12,15,17H2,1-6H3/t18-,20-,21?,24?,27-,28+,29+,30+/m0/s1. The predicted octanol–water partition coefficient (Wildman–Crippen LogP) is 5.81. The molecule has 0 aliphatic heterocycles. The Hall–Kier alpha value is -1.73. The molecule has 4 heteroatoms. The van der Waals surface area contributed by atoms with E-state index in [4.69, 9.17) is 0 Å². The molecule has 0 amide bonds. The van der Waals surface area contributed by atoms with Crippen molar-refractivity contribution in [1.82, 2.24) is 0 Å². The summed E-state index contributed by atoms with van der Waals surface area (Å²) in [5.41, 5.74) is 0.637. The molecule has 5 rings (SSSR count). The highest BCUT2D eigenvalue weighted by atomic mass is 16.3. The van der Waals surface area contributed by atoms with Gasteiger partial charge < -0.3 is 5.11 Å². The third-order valence-corrected chi connectivity index (χ3v) is 12.0. The van der Waals surface area contributed by atoms with Gasteiger partial charge in [-0.3, -0.25) is 9.59 Å². The fourth-order valence-electron chi connectivity index (χ4n) is 9.64. The zero-order chi connectivity index (χ0) is 24.9. The molecule has 1 N–H and O–H groups in total. The summed E-state index contributed by atoms with van der Waals surface area (Å²) in [6.45, 7) is 13.7. The normalized spacial score (nSPS) is 49.5. The minimum Gasteiger partial charge on any atom is -0.396 e. The number of Topliss-reactive ketones (excluding diaryl/α,β-unsaturated/α-hetero) is 1. The van der Waals surface area contributed by atoms with Crippen LogP contribution >= 0.6 is 0 Å². The van der Waals surface area contributed by atoms with Crippen molar-refractivity contribution < 1.29 is 14.7 Å². The van der Waals surface area contributed by atoms with Crippen LogP contribution < -0.4 is 0 Å². The number of hydrogen-bond donors (Lipinski definition) is 1. The monoisotopic (exact) mass is 463 g/mol. The quantitative estimate of drug-likeness (QED) is 0.532. The Labute approximate surface area is 204 Å². The second kappa shape index (κ2) is 7.16. The van der Waals surface area contributed by atoms with Gasteiger partial charge in [0.15, 0.2) is 11.6 Å². The number of carbonyl (C=O) groups excluding carboxylic acids is 2. The molecule has 184 valence electrons. The number of aliphatic hydroxyl groups excluding tert-OH is 1. The molecule has 0 bridgehead atoms. The van der Waals surface area contributed by atoms with Gasteiger partial charge in [-0.2, -0.15) is 5.26 Å². The van der Waals surface area contributed by atoms with Gasteiger partial charge >= 0.3 is 0 Å². The van der Waals surface area contributed by atoms with Crippen LogP contribution in [0.2, 0.25) is 0 Å². The molecule has 8 atom stereocenters. The Kier molecular flexibility index (Phi) is 5.05. The highest BCUT2D eigenvalue weighted by Gasteiger charge is 2.68. The van der Waals surface area contributed by atoms with E-state index >= 15 is 0 Å². The molecule has 0 saturated heterocycles. The zero-order valence-electron chi connectivity index (χ0n) is 21.8. The largest absolute Gasteiger partial charge is 0.396 e. The first kappa shape index (κ1) is 24.0. The number of nitriles is 1. The van der Waals surface area contributed by atoms with Crippen molar-refractivity contribution in [3.8, 4) is 6.07 Å². The van der Waals surface area contributed by atoms with E-state index in [1.807, 2.05) is 19.1 Å². The topological polar surface area (TPSA) is 78.2 Å². The fourth-order valence-corrected chi connectivity index (χ4v) is 9.64. The Morgan fingerprint density at radius 3 is 2.35 bits per heavy atom. The van der Waals surface area contributed by atoms with Gasteiger partial charge in [0.25, 0.3) is 0 Å². The van der Waals surface area contributed by atoms with Crippen LogP contribution in [0, 0.1) is 62.1 Å². The number of carbonyl (C=O) groups is 2. The maximum atomic E-state index is 14.2. The number of fused-ring (bicyclic) bond motifs is 7. The summed E-state index contributed by atoms with van der Waals surface area (Å²) >= 11 is 0. The number of aliphatic hydroxyl groups is 1. The van der Waals surface area contributed by atoms with Gasteiger partial charge in [0.2, 0.25) is 0 Å². The molecule has 4 nitrogen and oxygen atoms in total. The number of ketones is 2. The Morgan fingerprint density at radius 1 is 1.03 bits per heavy atom. The smallest absolute Gasteiger partial charge is 0.176 e. The van der Waals surface area contributed by atoms with Gasteiger partial charge in [-0.1, -0.05) is 53.2 Å². The van der Waals surface area contributed by atoms with Gasteiger partial charge in [-0.05, 0) is 84.5 Å². The SMILES string of the molecule is C[C@@H]1C(=O)C(C#N)=C[C@]2(C)C3=CC(=O)C4C5CC(C)(C)CC[C@]5(CO)CC[C@@]4(C)[C@]3(C)CC[C@@H]12. The summed E-state index contributed by atoms with van der Waals surface area (Å²) in [6.07, 6.45) is 10.8. The van der Waals surface area contributed by atoms with Crippen LogP contribution in [-0.2, 0) is 9.59 Å². The molecule has 34 heavy (non-hydrogen) atoms. The van der Waals surface area contributed by atoms with Gasteiger partial charge in [0.05, 0.1) is 5.57 Å². The lowest BCUT2D eigenvalue weighted by Crippen LogP contribution is -2.64. The number of hydrogen-bond acceptors (Lipinski definition) is 4. The van der Waals surface area contributed by atoms with Crippen molar-refractivity contribution in [3.05, 3.63) is 23.3 Å². The van der Waals surface area contributed by atoms with Gasteiger partial charge in [-0.15, -0.1) is 0 Å². The van der Waals surface area contributed by atoms with Gasteiger partial charge in [-0.25, -0.2) is 0 Å². The van der Waals surface area contributed by atoms with Crippen molar-refractivity contribution in [3.63, 3.8) is 0 Å². The zero-order valence-corrected chi connectivity index (χ0v) is 21.8. The minimum absolute atomic E-state index is 0.0461. The Morgan fingerprint density at radius 2 is 1.71 bits per heavy atom. The maximum absolute atomic E-state index is 14.2. The molecular weight excluding hydrogens is 422 g/mol. The van der Waals surface area contributed by atoms with Gasteiger partial charge in [0.1, 0.15) is 6.07 Å². The van der Waals surface area contributed by atoms with E-state index in [0.717, 1.165) is 50.5 Å². The Balaban J connectivity index is 1.68. The first-order chi connectivity index (χ1) is 15.8. The van der Waals surface area contributed by atoms with Gasteiger partial charge in [0, 0.05) is 23.9 Å². The van der Waals surface area contributed by atoms with Crippen molar-refractivity contribution >= 4 is 11.6 Å². The summed E-state index contributed by atoms with van der Waals surface area (Å²) in [5.74, 6) is 0.207. The lowest BCUT2D eigenvalue weighted by Gasteiger charge is -2.68. The van der Waals surface area contributed by atoms with E-state index in [0.29, 0.717) is 0 Å².